The number of hydrogen-bond donors (Lipinski definition) is 3. The second kappa shape index (κ2) is 5.29. The molecule has 0 atom stereocenters. The van der Waals surface area contributed by atoms with E-state index in [4.69, 9.17) is 0 Å². The monoisotopic (exact) mass is 236 g/mol. The number of aliphatic hydroxyl groups is 2. The van der Waals surface area contributed by atoms with Gasteiger partial charge in [-0.2, -0.15) is 0 Å². The normalized spacial score (nSPS) is 11.4. The average molecular weight is 236 g/mol. The molecule has 0 amide bonds. The lowest BCUT2D eigenvalue weighted by atomic mass is 10.0. The van der Waals surface area contributed by atoms with Crippen LogP contribution >= 0.6 is 0 Å². The predicted molar refractivity (Wildman–Crippen MR) is 69.9 cm³/mol. The van der Waals surface area contributed by atoms with Gasteiger partial charge in [-0.3, -0.25) is 0 Å². The fraction of sp³-hybridized carbons (Fsp3) is 0.462. The number of aliphatic hydroxyl groups excluding tert-OH is 2. The van der Waals surface area contributed by atoms with Crippen LogP contribution in [0.15, 0.2) is 18.7 Å². The number of nitrogens with one attached hydrogen (secondary N) is 1. The van der Waals surface area contributed by atoms with E-state index in [1.54, 1.807) is 6.92 Å². The number of allylic oxidation sites excluding steroid dienone is 1. The molecule has 1 heterocycles. The Morgan fingerprint density at radius 1 is 1.41 bits per heavy atom. The summed E-state index contributed by atoms with van der Waals surface area (Å²) in [4.78, 5) is 4.38. The Balaban J connectivity index is 2.95. The highest BCUT2D eigenvalue weighted by Gasteiger charge is 2.22. The van der Waals surface area contributed by atoms with Crippen LogP contribution in [0.4, 0.5) is 5.82 Å². The summed E-state index contributed by atoms with van der Waals surface area (Å²) in [6.07, 6.45) is 0. The zero-order chi connectivity index (χ0) is 13.1. The van der Waals surface area contributed by atoms with Crippen LogP contribution in [0.1, 0.15) is 25.1 Å². The Labute approximate surface area is 102 Å². The molecule has 0 bridgehead atoms. The molecule has 0 spiro atoms. The van der Waals surface area contributed by atoms with Gasteiger partial charge in [0.15, 0.2) is 0 Å². The van der Waals surface area contributed by atoms with Crippen molar-refractivity contribution in [2.75, 3.05) is 18.5 Å². The first kappa shape index (κ1) is 13.7. The highest BCUT2D eigenvalue weighted by atomic mass is 16.3. The standard InChI is InChI=1S/C13H20N2O2/c1-9(2)11-5-6-12(14-10(11)3)15-13(4,7-16)8-17/h5-6,16-17H,1,7-8H2,2-4H3,(H,14,15). The first-order chi connectivity index (χ1) is 7.91. The van der Waals surface area contributed by atoms with Crippen molar-refractivity contribution in [1.82, 2.24) is 4.98 Å². The second-order valence-corrected chi connectivity index (χ2v) is 4.61. The van der Waals surface area contributed by atoms with Crippen molar-refractivity contribution in [2.45, 2.75) is 26.3 Å². The third kappa shape index (κ3) is 3.28. The topological polar surface area (TPSA) is 65.4 Å². The summed E-state index contributed by atoms with van der Waals surface area (Å²) in [6.45, 7) is 9.14. The molecule has 94 valence electrons. The van der Waals surface area contributed by atoms with Crippen LogP contribution in [0.5, 0.6) is 0 Å². The van der Waals surface area contributed by atoms with Crippen LogP contribution in [-0.2, 0) is 0 Å². The van der Waals surface area contributed by atoms with Gasteiger partial charge in [0.1, 0.15) is 5.82 Å². The van der Waals surface area contributed by atoms with Gasteiger partial charge in [0, 0.05) is 5.69 Å². The largest absolute Gasteiger partial charge is 0.394 e. The van der Waals surface area contributed by atoms with Crippen molar-refractivity contribution in [2.24, 2.45) is 0 Å². The highest BCUT2D eigenvalue weighted by Crippen LogP contribution is 2.19. The number of pyridine rings is 1. The minimum Gasteiger partial charge on any atom is -0.394 e. The van der Waals surface area contributed by atoms with E-state index >= 15 is 0 Å². The van der Waals surface area contributed by atoms with Crippen molar-refractivity contribution in [3.63, 3.8) is 0 Å². The Morgan fingerprint density at radius 3 is 2.41 bits per heavy atom. The smallest absolute Gasteiger partial charge is 0.126 e. The van der Waals surface area contributed by atoms with Gasteiger partial charge < -0.3 is 15.5 Å². The second-order valence-electron chi connectivity index (χ2n) is 4.61. The molecule has 0 radical (unpaired) electrons. The molecule has 0 aliphatic heterocycles. The SMILES string of the molecule is C=C(C)c1ccc(NC(C)(CO)CO)nc1C. The maximum atomic E-state index is 9.19. The van der Waals surface area contributed by atoms with Crippen LogP contribution in [0.3, 0.4) is 0 Å². The molecular weight excluding hydrogens is 216 g/mol. The fourth-order valence-electron chi connectivity index (χ4n) is 1.52. The van der Waals surface area contributed by atoms with E-state index in [-0.39, 0.29) is 13.2 Å². The lowest BCUT2D eigenvalue weighted by molar-refractivity contribution is 0.147. The molecule has 0 aliphatic carbocycles. The predicted octanol–water partition coefficient (Wildman–Crippen LogP) is 1.58. The molecule has 4 nitrogen and oxygen atoms in total. The summed E-state index contributed by atoms with van der Waals surface area (Å²) >= 11 is 0. The quantitative estimate of drug-likeness (QED) is 0.726. The molecule has 1 aromatic rings. The van der Waals surface area contributed by atoms with E-state index in [0.717, 1.165) is 16.8 Å². The summed E-state index contributed by atoms with van der Waals surface area (Å²) in [5.41, 5.74) is 2.10. The molecule has 17 heavy (non-hydrogen) atoms. The van der Waals surface area contributed by atoms with Gasteiger partial charge in [-0.1, -0.05) is 6.58 Å². The van der Waals surface area contributed by atoms with Gasteiger partial charge in [0.25, 0.3) is 0 Å². The van der Waals surface area contributed by atoms with Crippen molar-refractivity contribution < 1.29 is 10.2 Å². The lowest BCUT2D eigenvalue weighted by Crippen LogP contribution is -2.42. The van der Waals surface area contributed by atoms with Gasteiger partial charge in [-0.05, 0) is 44.0 Å². The number of aromatic nitrogens is 1. The zero-order valence-electron chi connectivity index (χ0n) is 10.6. The summed E-state index contributed by atoms with van der Waals surface area (Å²) in [5, 5.41) is 21.4. The maximum absolute atomic E-state index is 9.19. The minimum atomic E-state index is -0.760. The number of rotatable bonds is 5. The number of hydrogen-bond acceptors (Lipinski definition) is 4. The van der Waals surface area contributed by atoms with Crippen LogP contribution in [0.2, 0.25) is 0 Å². The third-order valence-electron chi connectivity index (χ3n) is 2.67. The Morgan fingerprint density at radius 2 is 2.00 bits per heavy atom. The van der Waals surface area contributed by atoms with Gasteiger partial charge in [0.05, 0.1) is 18.8 Å². The number of aryl methyl sites for hydroxylation is 1. The van der Waals surface area contributed by atoms with E-state index in [9.17, 15) is 10.2 Å². The van der Waals surface area contributed by atoms with Gasteiger partial charge in [-0.25, -0.2) is 4.98 Å². The highest BCUT2D eigenvalue weighted by molar-refractivity contribution is 5.64. The van der Waals surface area contributed by atoms with Gasteiger partial charge >= 0.3 is 0 Å². The molecule has 0 saturated heterocycles. The Bertz CT molecular complexity index is 412. The summed E-state index contributed by atoms with van der Waals surface area (Å²) in [5.74, 6) is 0.637. The van der Waals surface area contributed by atoms with Crippen molar-refractivity contribution >= 4 is 11.4 Å². The third-order valence-corrected chi connectivity index (χ3v) is 2.67. The Hall–Kier alpha value is -1.39. The van der Waals surface area contributed by atoms with Crippen LogP contribution in [-0.4, -0.2) is 33.9 Å². The molecule has 0 saturated carbocycles. The number of nitrogens with zero attached hydrogens (tertiary/aromatic N) is 1. The van der Waals surface area contributed by atoms with Crippen LogP contribution in [0.25, 0.3) is 5.57 Å². The summed E-state index contributed by atoms with van der Waals surface area (Å²) in [7, 11) is 0. The molecule has 1 aromatic heterocycles. The van der Waals surface area contributed by atoms with Crippen molar-refractivity contribution in [3.8, 4) is 0 Å². The van der Waals surface area contributed by atoms with Gasteiger partial charge in [0.2, 0.25) is 0 Å². The minimum absolute atomic E-state index is 0.160. The molecule has 3 N–H and O–H groups in total. The van der Waals surface area contributed by atoms with Crippen LogP contribution < -0.4 is 5.32 Å². The van der Waals surface area contributed by atoms with Crippen molar-refractivity contribution in [1.29, 1.82) is 0 Å². The van der Waals surface area contributed by atoms with E-state index in [2.05, 4.69) is 16.9 Å². The van der Waals surface area contributed by atoms with E-state index in [1.807, 2.05) is 26.0 Å². The van der Waals surface area contributed by atoms with E-state index in [1.165, 1.54) is 0 Å². The molecule has 0 unspecified atom stereocenters. The molecule has 0 fully saturated rings. The van der Waals surface area contributed by atoms with Crippen molar-refractivity contribution in [3.05, 3.63) is 30.0 Å². The Kier molecular flexibility index (Phi) is 4.26. The van der Waals surface area contributed by atoms with Crippen LogP contribution in [0, 0.1) is 6.92 Å². The summed E-state index contributed by atoms with van der Waals surface area (Å²) < 4.78 is 0. The lowest BCUT2D eigenvalue weighted by Gasteiger charge is -2.27. The molecule has 1 rings (SSSR count). The van der Waals surface area contributed by atoms with E-state index < -0.39 is 5.54 Å². The van der Waals surface area contributed by atoms with E-state index in [0.29, 0.717) is 5.82 Å². The molecule has 0 aromatic carbocycles. The first-order valence-corrected chi connectivity index (χ1v) is 5.55. The zero-order valence-corrected chi connectivity index (χ0v) is 10.6. The summed E-state index contributed by atoms with van der Waals surface area (Å²) in [6, 6.07) is 3.75. The molecule has 4 heteroatoms. The van der Waals surface area contributed by atoms with Gasteiger partial charge in [-0.15, -0.1) is 0 Å². The molecule has 0 aliphatic rings. The number of anilines is 1. The average Bonchev–Trinajstić information content (AvgIpc) is 2.28. The first-order valence-electron chi connectivity index (χ1n) is 5.55. The fourth-order valence-corrected chi connectivity index (χ4v) is 1.52. The maximum Gasteiger partial charge on any atom is 0.126 e. The molecular formula is C13H20N2O2.